The van der Waals surface area contributed by atoms with E-state index in [0.29, 0.717) is 5.89 Å². The van der Waals surface area contributed by atoms with Crippen molar-refractivity contribution in [3.8, 4) is 17.5 Å². The average Bonchev–Trinajstić information content (AvgIpc) is 3.42. The number of esters is 1. The third kappa shape index (κ3) is 4.21. The van der Waals surface area contributed by atoms with Gasteiger partial charge in [-0.2, -0.15) is 21.6 Å². The Labute approximate surface area is 166 Å². The predicted molar refractivity (Wildman–Crippen MR) is 105 cm³/mol. The van der Waals surface area contributed by atoms with Gasteiger partial charge >= 0.3 is 5.97 Å². The maximum atomic E-state index is 12.3. The fraction of sp³-hybridized carbons (Fsp3) is 0.300. The van der Waals surface area contributed by atoms with E-state index in [2.05, 4.69) is 21.6 Å². The number of carbonyl (C=O) groups is 1. The number of hydrogen-bond acceptors (Lipinski definition) is 7. The van der Waals surface area contributed by atoms with Crippen LogP contribution < -0.4 is 0 Å². The van der Waals surface area contributed by atoms with Crippen LogP contribution in [0.2, 0.25) is 0 Å². The Morgan fingerprint density at radius 3 is 2.96 bits per heavy atom. The summed E-state index contributed by atoms with van der Waals surface area (Å²) in [6.07, 6.45) is 2.56. The molecule has 0 aromatic carbocycles. The quantitative estimate of drug-likeness (QED) is 0.336. The molecule has 0 unspecified atom stereocenters. The van der Waals surface area contributed by atoms with E-state index in [1.807, 2.05) is 42.8 Å². The van der Waals surface area contributed by atoms with Crippen molar-refractivity contribution >= 4 is 23.4 Å². The molecule has 3 aromatic heterocycles. The number of aryl methyl sites for hydroxylation is 1. The number of nitrogens with zero attached hydrogens (tertiary/aromatic N) is 4. The minimum Gasteiger partial charge on any atom is -0.453 e. The average molecular weight is 396 g/mol. The molecule has 8 heteroatoms. The second-order valence-corrected chi connectivity index (χ2v) is 7.03. The van der Waals surface area contributed by atoms with Crippen LogP contribution in [-0.2, 0) is 22.7 Å². The Bertz CT molecular complexity index is 1040. The van der Waals surface area contributed by atoms with Gasteiger partial charge < -0.3 is 13.8 Å². The Balaban J connectivity index is 1.70. The Morgan fingerprint density at radius 2 is 2.29 bits per heavy atom. The van der Waals surface area contributed by atoms with Crippen molar-refractivity contribution in [3.63, 3.8) is 0 Å². The minimum atomic E-state index is -0.718. The van der Waals surface area contributed by atoms with Gasteiger partial charge in [0.2, 0.25) is 5.82 Å². The molecule has 0 aliphatic carbocycles. The Hall–Kier alpha value is -3.18. The number of hydrogen-bond donors (Lipinski definition) is 0. The summed E-state index contributed by atoms with van der Waals surface area (Å²) in [4.78, 5) is 16.5. The van der Waals surface area contributed by atoms with Crippen molar-refractivity contribution in [3.05, 3.63) is 51.2 Å². The first-order valence-corrected chi connectivity index (χ1v) is 9.78. The molecule has 0 bridgehead atoms. The summed E-state index contributed by atoms with van der Waals surface area (Å²) in [6.45, 7) is 6.81. The van der Waals surface area contributed by atoms with Crippen LogP contribution in [0.3, 0.4) is 0 Å². The monoisotopic (exact) mass is 396 g/mol. The van der Waals surface area contributed by atoms with Gasteiger partial charge in [-0.3, -0.25) is 0 Å². The summed E-state index contributed by atoms with van der Waals surface area (Å²) in [5.74, 6) is -0.107. The zero-order valence-corrected chi connectivity index (χ0v) is 16.7. The number of thiophene rings is 1. The second kappa shape index (κ2) is 8.67. The summed E-state index contributed by atoms with van der Waals surface area (Å²) in [7, 11) is 0. The SMILES string of the molecule is CCCn1c(C)cc(/C=C(\C#N)C(=O)OCc2noc(-c3ccsc3)n2)c1C. The lowest BCUT2D eigenvalue weighted by Crippen LogP contribution is -2.08. The van der Waals surface area contributed by atoms with Gasteiger partial charge in [-0.05, 0) is 49.4 Å². The maximum Gasteiger partial charge on any atom is 0.349 e. The van der Waals surface area contributed by atoms with Gasteiger partial charge in [-0.1, -0.05) is 12.1 Å². The number of rotatable bonds is 7. The van der Waals surface area contributed by atoms with Crippen molar-refractivity contribution < 1.29 is 14.1 Å². The first kappa shape index (κ1) is 19.6. The molecule has 28 heavy (non-hydrogen) atoms. The third-order valence-electron chi connectivity index (χ3n) is 4.27. The predicted octanol–water partition coefficient (Wildman–Crippen LogP) is 4.28. The second-order valence-electron chi connectivity index (χ2n) is 6.25. The van der Waals surface area contributed by atoms with Gasteiger partial charge in [-0.25, -0.2) is 4.79 Å². The van der Waals surface area contributed by atoms with Crippen LogP contribution in [0.1, 0.15) is 36.1 Å². The van der Waals surface area contributed by atoms with E-state index in [9.17, 15) is 10.1 Å². The number of carbonyl (C=O) groups excluding carboxylic acids is 1. The molecule has 0 N–H and O–H groups in total. The normalized spacial score (nSPS) is 11.4. The molecule has 0 atom stereocenters. The zero-order chi connectivity index (χ0) is 20.1. The standard InChI is InChI=1S/C20H20N4O3S/c1-4-6-24-13(2)8-16(14(24)3)9-17(10-21)20(25)26-11-18-22-19(27-23-18)15-5-7-28-12-15/h5,7-9,12H,4,6,11H2,1-3H3/b17-9+. The van der Waals surface area contributed by atoms with E-state index in [4.69, 9.17) is 9.26 Å². The van der Waals surface area contributed by atoms with E-state index >= 15 is 0 Å². The molecular weight excluding hydrogens is 376 g/mol. The molecule has 0 saturated heterocycles. The van der Waals surface area contributed by atoms with Crippen LogP contribution in [-0.4, -0.2) is 20.7 Å². The Morgan fingerprint density at radius 1 is 1.46 bits per heavy atom. The molecular formula is C20H20N4O3S. The van der Waals surface area contributed by atoms with Crippen LogP contribution in [0, 0.1) is 25.2 Å². The molecule has 7 nitrogen and oxygen atoms in total. The van der Waals surface area contributed by atoms with Gasteiger partial charge in [0.05, 0.1) is 5.56 Å². The van der Waals surface area contributed by atoms with E-state index in [1.54, 1.807) is 6.08 Å². The smallest absolute Gasteiger partial charge is 0.349 e. The highest BCUT2D eigenvalue weighted by atomic mass is 32.1. The summed E-state index contributed by atoms with van der Waals surface area (Å²) in [5, 5.41) is 17.0. The summed E-state index contributed by atoms with van der Waals surface area (Å²) < 4.78 is 12.5. The maximum absolute atomic E-state index is 12.3. The third-order valence-corrected chi connectivity index (χ3v) is 4.95. The molecule has 0 aliphatic rings. The lowest BCUT2D eigenvalue weighted by atomic mass is 10.1. The topological polar surface area (TPSA) is 93.9 Å². The van der Waals surface area contributed by atoms with Crippen LogP contribution in [0.15, 0.2) is 33.0 Å². The van der Waals surface area contributed by atoms with Gasteiger partial charge in [0.15, 0.2) is 6.61 Å². The van der Waals surface area contributed by atoms with Crippen LogP contribution in [0.4, 0.5) is 0 Å². The molecule has 3 rings (SSSR count). The lowest BCUT2D eigenvalue weighted by Gasteiger charge is -2.07. The Kier molecular flexibility index (Phi) is 6.06. The first-order valence-electron chi connectivity index (χ1n) is 8.84. The van der Waals surface area contributed by atoms with Crippen LogP contribution >= 0.6 is 11.3 Å². The summed E-state index contributed by atoms with van der Waals surface area (Å²) in [5.41, 5.74) is 3.68. The molecule has 0 fully saturated rings. The highest BCUT2D eigenvalue weighted by Crippen LogP contribution is 2.21. The van der Waals surface area contributed by atoms with Crippen LogP contribution in [0.25, 0.3) is 17.5 Å². The molecule has 0 saturated carbocycles. The van der Waals surface area contributed by atoms with E-state index in [0.717, 1.165) is 35.5 Å². The summed E-state index contributed by atoms with van der Waals surface area (Å²) >= 11 is 1.52. The van der Waals surface area contributed by atoms with Crippen molar-refractivity contribution in [1.29, 1.82) is 5.26 Å². The van der Waals surface area contributed by atoms with E-state index in [-0.39, 0.29) is 18.0 Å². The van der Waals surface area contributed by atoms with Crippen molar-refractivity contribution in [1.82, 2.24) is 14.7 Å². The number of nitriles is 1. The molecule has 0 spiro atoms. The lowest BCUT2D eigenvalue weighted by molar-refractivity contribution is -0.139. The van der Waals surface area contributed by atoms with Crippen molar-refractivity contribution in [2.75, 3.05) is 0 Å². The summed E-state index contributed by atoms with van der Waals surface area (Å²) in [6, 6.07) is 5.74. The molecule has 144 valence electrons. The van der Waals surface area contributed by atoms with E-state index < -0.39 is 5.97 Å². The molecule has 0 amide bonds. The van der Waals surface area contributed by atoms with Gasteiger partial charge in [-0.15, -0.1) is 0 Å². The highest BCUT2D eigenvalue weighted by molar-refractivity contribution is 7.08. The number of aromatic nitrogens is 3. The van der Waals surface area contributed by atoms with Crippen LogP contribution in [0.5, 0.6) is 0 Å². The largest absolute Gasteiger partial charge is 0.453 e. The van der Waals surface area contributed by atoms with Crippen molar-refractivity contribution in [2.24, 2.45) is 0 Å². The van der Waals surface area contributed by atoms with Crippen molar-refractivity contribution in [2.45, 2.75) is 40.3 Å². The van der Waals surface area contributed by atoms with Gasteiger partial charge in [0.1, 0.15) is 11.6 Å². The molecule has 0 aliphatic heterocycles. The first-order chi connectivity index (χ1) is 13.5. The van der Waals surface area contributed by atoms with Gasteiger partial charge in [0, 0.05) is 23.3 Å². The zero-order valence-electron chi connectivity index (χ0n) is 15.9. The number of ether oxygens (including phenoxy) is 1. The molecule has 3 aromatic rings. The minimum absolute atomic E-state index is 0.0710. The highest BCUT2D eigenvalue weighted by Gasteiger charge is 2.16. The fourth-order valence-electron chi connectivity index (χ4n) is 2.86. The van der Waals surface area contributed by atoms with Gasteiger partial charge in [0.25, 0.3) is 5.89 Å². The van der Waals surface area contributed by atoms with E-state index in [1.165, 1.54) is 11.3 Å². The fourth-order valence-corrected chi connectivity index (χ4v) is 3.49. The molecule has 3 heterocycles. The molecule has 0 radical (unpaired) electrons.